The van der Waals surface area contributed by atoms with Gasteiger partial charge in [-0.25, -0.2) is 9.82 Å². The standard InChI is InChI=1S/C21H30FN3O2/c22-19-6-5-14(11-15(19)13-23-16-7-9-27-10-8-16)12-20-17-3-1-2-4-18(17)21(26)25-24-20/h5-6,11,16-18,20,23-24H,1-4,7-10,12-13H2,(H,25,26). The van der Waals surface area contributed by atoms with E-state index in [4.69, 9.17) is 4.74 Å². The second-order valence-electron chi connectivity index (χ2n) is 8.19. The van der Waals surface area contributed by atoms with E-state index in [2.05, 4.69) is 16.2 Å². The van der Waals surface area contributed by atoms with Gasteiger partial charge in [0.15, 0.2) is 0 Å². The third-order valence-corrected chi connectivity index (χ3v) is 6.42. The summed E-state index contributed by atoms with van der Waals surface area (Å²) in [6.45, 7) is 2.11. The normalized spacial score (nSPS) is 29.2. The molecule has 27 heavy (non-hydrogen) atoms. The van der Waals surface area contributed by atoms with Crippen molar-refractivity contribution in [2.24, 2.45) is 11.8 Å². The topological polar surface area (TPSA) is 62.4 Å². The number of carbonyl (C=O) groups is 1. The molecule has 1 aromatic carbocycles. The van der Waals surface area contributed by atoms with Gasteiger partial charge in [-0.3, -0.25) is 10.2 Å². The van der Waals surface area contributed by atoms with Gasteiger partial charge in [-0.15, -0.1) is 0 Å². The number of hydrazine groups is 1. The first-order chi connectivity index (χ1) is 13.2. The molecule has 3 fully saturated rings. The van der Waals surface area contributed by atoms with Crippen molar-refractivity contribution in [1.82, 2.24) is 16.2 Å². The van der Waals surface area contributed by atoms with E-state index in [0.29, 0.717) is 18.5 Å². The third-order valence-electron chi connectivity index (χ3n) is 6.42. The summed E-state index contributed by atoms with van der Waals surface area (Å²) in [5.41, 5.74) is 7.91. The number of amides is 1. The quantitative estimate of drug-likeness (QED) is 0.740. The Hall–Kier alpha value is -1.50. The van der Waals surface area contributed by atoms with Crippen LogP contribution in [0.2, 0.25) is 0 Å². The summed E-state index contributed by atoms with van der Waals surface area (Å²) in [6.07, 6.45) is 7.18. The lowest BCUT2D eigenvalue weighted by atomic mass is 9.72. The largest absolute Gasteiger partial charge is 0.381 e. The van der Waals surface area contributed by atoms with Gasteiger partial charge in [0, 0.05) is 43.3 Å². The van der Waals surface area contributed by atoms with Crippen LogP contribution in [0, 0.1) is 17.7 Å². The fourth-order valence-corrected chi connectivity index (χ4v) is 4.83. The predicted molar refractivity (Wildman–Crippen MR) is 101 cm³/mol. The Bertz CT molecular complexity index is 663. The van der Waals surface area contributed by atoms with E-state index in [0.717, 1.165) is 62.9 Å². The van der Waals surface area contributed by atoms with E-state index in [1.54, 1.807) is 6.07 Å². The molecule has 6 heteroatoms. The minimum Gasteiger partial charge on any atom is -0.381 e. The summed E-state index contributed by atoms with van der Waals surface area (Å²) in [5, 5.41) is 3.47. The number of halogens is 1. The maximum absolute atomic E-state index is 14.3. The zero-order valence-corrected chi connectivity index (χ0v) is 15.8. The van der Waals surface area contributed by atoms with Crippen LogP contribution in [0.3, 0.4) is 0 Å². The van der Waals surface area contributed by atoms with E-state index < -0.39 is 0 Å². The Balaban J connectivity index is 1.40. The fraction of sp³-hybridized carbons (Fsp3) is 0.667. The van der Waals surface area contributed by atoms with Crippen LogP contribution in [-0.4, -0.2) is 31.2 Å². The minimum absolute atomic E-state index is 0.125. The van der Waals surface area contributed by atoms with Crippen molar-refractivity contribution >= 4 is 5.91 Å². The van der Waals surface area contributed by atoms with Crippen LogP contribution >= 0.6 is 0 Å². The molecule has 0 aromatic heterocycles. The van der Waals surface area contributed by atoms with Crippen LogP contribution in [0.5, 0.6) is 0 Å². The molecule has 3 atom stereocenters. The van der Waals surface area contributed by atoms with Gasteiger partial charge in [0.25, 0.3) is 0 Å². The van der Waals surface area contributed by atoms with Crippen molar-refractivity contribution in [2.45, 2.75) is 63.6 Å². The van der Waals surface area contributed by atoms with Gasteiger partial charge in [0.1, 0.15) is 5.82 Å². The average Bonchev–Trinajstić information content (AvgIpc) is 2.71. The molecule has 5 nitrogen and oxygen atoms in total. The molecule has 148 valence electrons. The van der Waals surface area contributed by atoms with Gasteiger partial charge in [0.05, 0.1) is 0 Å². The van der Waals surface area contributed by atoms with Crippen molar-refractivity contribution < 1.29 is 13.9 Å². The lowest BCUT2D eigenvalue weighted by Crippen LogP contribution is -2.60. The maximum Gasteiger partial charge on any atom is 0.237 e. The number of rotatable bonds is 5. The molecule has 3 aliphatic rings. The smallest absolute Gasteiger partial charge is 0.237 e. The molecule has 2 saturated heterocycles. The fourth-order valence-electron chi connectivity index (χ4n) is 4.83. The first-order valence-corrected chi connectivity index (χ1v) is 10.3. The van der Waals surface area contributed by atoms with Crippen LogP contribution < -0.4 is 16.2 Å². The average molecular weight is 375 g/mol. The molecule has 2 heterocycles. The number of fused-ring (bicyclic) bond motifs is 1. The van der Waals surface area contributed by atoms with Gasteiger partial charge in [-0.05, 0) is 49.7 Å². The summed E-state index contributed by atoms with van der Waals surface area (Å²) < 4.78 is 19.7. The molecule has 0 bridgehead atoms. The lowest BCUT2D eigenvalue weighted by Gasteiger charge is -2.41. The predicted octanol–water partition coefficient (Wildman–Crippen LogP) is 2.45. The molecule has 0 spiro atoms. The molecule has 1 saturated carbocycles. The van der Waals surface area contributed by atoms with Crippen LogP contribution in [0.25, 0.3) is 0 Å². The Labute approximate surface area is 160 Å². The van der Waals surface area contributed by atoms with Crippen LogP contribution in [0.15, 0.2) is 18.2 Å². The number of hydrogen-bond acceptors (Lipinski definition) is 4. The highest BCUT2D eigenvalue weighted by atomic mass is 19.1. The Morgan fingerprint density at radius 2 is 1.96 bits per heavy atom. The molecular weight excluding hydrogens is 345 g/mol. The number of benzene rings is 1. The number of nitrogens with one attached hydrogen (secondary N) is 3. The highest BCUT2D eigenvalue weighted by Crippen LogP contribution is 2.35. The maximum atomic E-state index is 14.3. The Morgan fingerprint density at radius 3 is 2.81 bits per heavy atom. The van der Waals surface area contributed by atoms with Gasteiger partial charge < -0.3 is 10.1 Å². The van der Waals surface area contributed by atoms with Crippen LogP contribution in [0.4, 0.5) is 4.39 Å². The Kier molecular flexibility index (Phi) is 6.05. The number of hydrogen-bond donors (Lipinski definition) is 3. The molecule has 1 aliphatic carbocycles. The summed E-state index contributed by atoms with van der Waals surface area (Å²) in [6, 6.07) is 6.06. The summed E-state index contributed by atoms with van der Waals surface area (Å²) >= 11 is 0. The van der Waals surface area contributed by atoms with Crippen LogP contribution in [0.1, 0.15) is 49.7 Å². The SMILES string of the molecule is O=C1NNC(Cc2ccc(F)c(CNC3CCOCC3)c2)C2CCCCC12. The van der Waals surface area contributed by atoms with E-state index in [9.17, 15) is 9.18 Å². The van der Waals surface area contributed by atoms with Gasteiger partial charge in [-0.1, -0.05) is 25.0 Å². The first-order valence-electron chi connectivity index (χ1n) is 10.3. The van der Waals surface area contributed by atoms with Crippen LogP contribution in [-0.2, 0) is 22.5 Å². The number of ether oxygens (including phenoxy) is 1. The van der Waals surface area contributed by atoms with Crippen molar-refractivity contribution in [1.29, 1.82) is 0 Å². The molecule has 0 radical (unpaired) electrons. The second-order valence-corrected chi connectivity index (χ2v) is 8.19. The van der Waals surface area contributed by atoms with E-state index in [-0.39, 0.29) is 23.7 Å². The second kappa shape index (κ2) is 8.67. The highest BCUT2D eigenvalue weighted by Gasteiger charge is 2.39. The lowest BCUT2D eigenvalue weighted by molar-refractivity contribution is -0.133. The molecule has 1 aromatic rings. The van der Waals surface area contributed by atoms with Gasteiger partial charge in [0.2, 0.25) is 5.91 Å². The van der Waals surface area contributed by atoms with E-state index >= 15 is 0 Å². The molecule has 3 unspecified atom stereocenters. The third kappa shape index (κ3) is 4.50. The van der Waals surface area contributed by atoms with E-state index in [1.165, 1.54) is 6.42 Å². The molecule has 2 aliphatic heterocycles. The number of carbonyl (C=O) groups excluding carboxylic acids is 1. The first kappa shape index (κ1) is 18.8. The molecule has 4 rings (SSSR count). The summed E-state index contributed by atoms with van der Waals surface area (Å²) in [4.78, 5) is 12.1. The van der Waals surface area contributed by atoms with Gasteiger partial charge in [-0.2, -0.15) is 0 Å². The van der Waals surface area contributed by atoms with Crippen molar-refractivity contribution in [3.8, 4) is 0 Å². The zero-order valence-electron chi connectivity index (χ0n) is 15.8. The monoisotopic (exact) mass is 375 g/mol. The highest BCUT2D eigenvalue weighted by molar-refractivity contribution is 5.79. The van der Waals surface area contributed by atoms with Gasteiger partial charge >= 0.3 is 0 Å². The molecular formula is C21H30FN3O2. The zero-order chi connectivity index (χ0) is 18.6. The summed E-state index contributed by atoms with van der Waals surface area (Å²) in [5.74, 6) is 0.483. The van der Waals surface area contributed by atoms with Crippen molar-refractivity contribution in [2.75, 3.05) is 13.2 Å². The molecule has 1 amide bonds. The Morgan fingerprint density at radius 1 is 1.15 bits per heavy atom. The van der Waals surface area contributed by atoms with Crippen molar-refractivity contribution in [3.05, 3.63) is 35.1 Å². The molecule has 3 N–H and O–H groups in total. The van der Waals surface area contributed by atoms with Crippen molar-refractivity contribution in [3.63, 3.8) is 0 Å². The minimum atomic E-state index is -0.154. The van der Waals surface area contributed by atoms with E-state index in [1.807, 2.05) is 12.1 Å². The summed E-state index contributed by atoms with van der Waals surface area (Å²) in [7, 11) is 0.